The lowest BCUT2D eigenvalue weighted by Gasteiger charge is -2.13. The third-order valence-corrected chi connectivity index (χ3v) is 2.96. The maximum absolute atomic E-state index is 10.8. The van der Waals surface area contributed by atoms with Crippen LogP contribution >= 0.6 is 24.0 Å². The number of carbonyl (C=O) groups is 1. The number of amides is 1. The standard InChI is InChI=1S/C14H21ClN2O3.ClH/c1-3-4-5-17-8-10-6-11(15)14(12(7-10)19-2)20-9-13(16)18;/h6-7,17H,3-5,8-9H2,1-2H3,(H2,16,18);1H. The van der Waals surface area contributed by atoms with Crippen LogP contribution in [0.15, 0.2) is 12.1 Å². The van der Waals surface area contributed by atoms with Crippen molar-refractivity contribution in [3.63, 3.8) is 0 Å². The summed E-state index contributed by atoms with van der Waals surface area (Å²) in [7, 11) is 1.52. The van der Waals surface area contributed by atoms with Crippen LogP contribution in [0.2, 0.25) is 5.02 Å². The minimum Gasteiger partial charge on any atom is -0.493 e. The fraction of sp³-hybridized carbons (Fsp3) is 0.500. The van der Waals surface area contributed by atoms with E-state index in [9.17, 15) is 4.79 Å². The van der Waals surface area contributed by atoms with Gasteiger partial charge in [-0.15, -0.1) is 12.4 Å². The van der Waals surface area contributed by atoms with Gasteiger partial charge in [0.2, 0.25) is 0 Å². The second-order valence-corrected chi connectivity index (χ2v) is 4.80. The van der Waals surface area contributed by atoms with E-state index in [0.717, 1.165) is 24.9 Å². The second-order valence-electron chi connectivity index (χ2n) is 4.39. The Hall–Kier alpha value is -1.17. The van der Waals surface area contributed by atoms with Crippen LogP contribution in [-0.4, -0.2) is 26.2 Å². The van der Waals surface area contributed by atoms with Gasteiger partial charge in [-0.05, 0) is 30.7 Å². The van der Waals surface area contributed by atoms with Crippen molar-refractivity contribution in [1.29, 1.82) is 0 Å². The monoisotopic (exact) mass is 336 g/mol. The number of benzene rings is 1. The van der Waals surface area contributed by atoms with E-state index in [1.54, 1.807) is 6.07 Å². The van der Waals surface area contributed by atoms with Crippen LogP contribution in [0.25, 0.3) is 0 Å². The Morgan fingerprint density at radius 3 is 2.71 bits per heavy atom. The van der Waals surface area contributed by atoms with Gasteiger partial charge in [0.05, 0.1) is 12.1 Å². The van der Waals surface area contributed by atoms with Crippen molar-refractivity contribution in [2.75, 3.05) is 20.3 Å². The van der Waals surface area contributed by atoms with Crippen LogP contribution in [0.5, 0.6) is 11.5 Å². The van der Waals surface area contributed by atoms with Crippen LogP contribution in [0.3, 0.4) is 0 Å². The molecule has 0 heterocycles. The molecule has 0 radical (unpaired) electrons. The minimum atomic E-state index is -0.562. The molecular weight excluding hydrogens is 315 g/mol. The Labute approximate surface area is 136 Å². The van der Waals surface area contributed by atoms with Crippen LogP contribution in [0, 0.1) is 0 Å². The van der Waals surface area contributed by atoms with Gasteiger partial charge in [0.1, 0.15) is 0 Å². The third kappa shape index (κ3) is 6.89. The molecule has 0 atom stereocenters. The zero-order valence-corrected chi connectivity index (χ0v) is 13.9. The van der Waals surface area contributed by atoms with Gasteiger partial charge in [-0.25, -0.2) is 0 Å². The molecule has 0 aliphatic carbocycles. The molecule has 0 fully saturated rings. The van der Waals surface area contributed by atoms with Crippen molar-refractivity contribution in [2.24, 2.45) is 5.73 Å². The highest BCUT2D eigenvalue weighted by Gasteiger charge is 2.12. The van der Waals surface area contributed by atoms with Gasteiger partial charge in [-0.2, -0.15) is 0 Å². The summed E-state index contributed by atoms with van der Waals surface area (Å²) >= 11 is 6.15. The first-order chi connectivity index (χ1) is 9.58. The van der Waals surface area contributed by atoms with Crippen molar-refractivity contribution in [3.8, 4) is 11.5 Å². The summed E-state index contributed by atoms with van der Waals surface area (Å²) in [5.41, 5.74) is 6.04. The normalized spacial score (nSPS) is 9.86. The Morgan fingerprint density at radius 1 is 1.43 bits per heavy atom. The molecule has 1 amide bonds. The van der Waals surface area contributed by atoms with E-state index < -0.39 is 5.91 Å². The summed E-state index contributed by atoms with van der Waals surface area (Å²) in [5.74, 6) is 0.268. The maximum atomic E-state index is 10.8. The minimum absolute atomic E-state index is 0. The first-order valence-corrected chi connectivity index (χ1v) is 6.94. The SMILES string of the molecule is CCCCNCc1cc(Cl)c(OCC(N)=O)c(OC)c1.Cl. The summed E-state index contributed by atoms with van der Waals surface area (Å²) in [4.78, 5) is 10.8. The summed E-state index contributed by atoms with van der Waals surface area (Å²) in [6, 6.07) is 3.63. The summed E-state index contributed by atoms with van der Waals surface area (Å²) < 4.78 is 10.5. The molecule has 1 aromatic rings. The number of nitrogens with two attached hydrogens (primary N) is 1. The highest BCUT2D eigenvalue weighted by Crippen LogP contribution is 2.36. The van der Waals surface area contributed by atoms with E-state index in [-0.39, 0.29) is 19.0 Å². The molecule has 1 rings (SSSR count). The highest BCUT2D eigenvalue weighted by molar-refractivity contribution is 6.32. The molecular formula is C14H22Cl2N2O3. The van der Waals surface area contributed by atoms with Crippen LogP contribution < -0.4 is 20.5 Å². The van der Waals surface area contributed by atoms with E-state index in [4.69, 9.17) is 26.8 Å². The predicted octanol–water partition coefficient (Wildman–Crippen LogP) is 2.52. The number of rotatable bonds is 9. The zero-order chi connectivity index (χ0) is 15.0. The molecule has 21 heavy (non-hydrogen) atoms. The molecule has 120 valence electrons. The lowest BCUT2D eigenvalue weighted by Crippen LogP contribution is -2.20. The lowest BCUT2D eigenvalue weighted by atomic mass is 10.2. The van der Waals surface area contributed by atoms with Gasteiger partial charge < -0.3 is 20.5 Å². The first-order valence-electron chi connectivity index (χ1n) is 6.56. The largest absolute Gasteiger partial charge is 0.493 e. The molecule has 5 nitrogen and oxygen atoms in total. The molecule has 3 N–H and O–H groups in total. The number of carbonyl (C=O) groups excluding carboxylic acids is 1. The molecule has 0 aliphatic heterocycles. The molecule has 0 saturated heterocycles. The number of primary amides is 1. The molecule has 0 saturated carbocycles. The Balaban J connectivity index is 0.00000400. The molecule has 1 aromatic carbocycles. The fourth-order valence-electron chi connectivity index (χ4n) is 1.69. The van der Waals surface area contributed by atoms with Crippen LogP contribution in [0.4, 0.5) is 0 Å². The number of nitrogens with one attached hydrogen (secondary N) is 1. The van der Waals surface area contributed by atoms with Gasteiger partial charge in [-0.1, -0.05) is 24.9 Å². The number of ether oxygens (including phenoxy) is 2. The van der Waals surface area contributed by atoms with E-state index in [0.29, 0.717) is 23.1 Å². The number of halogens is 2. The number of hydrogen-bond acceptors (Lipinski definition) is 4. The number of unbranched alkanes of at least 4 members (excludes halogenated alkanes) is 1. The van der Waals surface area contributed by atoms with Crippen molar-refractivity contribution in [1.82, 2.24) is 5.32 Å². The van der Waals surface area contributed by atoms with E-state index in [1.165, 1.54) is 7.11 Å². The number of methoxy groups -OCH3 is 1. The first kappa shape index (κ1) is 19.8. The second kappa shape index (κ2) is 10.5. The number of hydrogen-bond donors (Lipinski definition) is 2. The summed E-state index contributed by atoms with van der Waals surface area (Å²) in [6.45, 7) is 3.57. The quantitative estimate of drug-likeness (QED) is 0.679. The third-order valence-electron chi connectivity index (χ3n) is 2.68. The van der Waals surface area contributed by atoms with E-state index in [2.05, 4.69) is 12.2 Å². The molecule has 0 unspecified atom stereocenters. The zero-order valence-electron chi connectivity index (χ0n) is 12.3. The maximum Gasteiger partial charge on any atom is 0.255 e. The fourth-order valence-corrected chi connectivity index (χ4v) is 1.98. The van der Waals surface area contributed by atoms with E-state index in [1.807, 2.05) is 6.07 Å². The van der Waals surface area contributed by atoms with Gasteiger partial charge in [0.15, 0.2) is 18.1 Å². The average Bonchev–Trinajstić information content (AvgIpc) is 2.41. The van der Waals surface area contributed by atoms with Gasteiger partial charge in [0, 0.05) is 6.54 Å². The molecule has 0 bridgehead atoms. The Kier molecular flexibility index (Phi) is 9.95. The molecule has 0 aromatic heterocycles. The van der Waals surface area contributed by atoms with Crippen molar-refractivity contribution in [3.05, 3.63) is 22.7 Å². The van der Waals surface area contributed by atoms with Crippen LogP contribution in [0.1, 0.15) is 25.3 Å². The summed E-state index contributed by atoms with van der Waals surface area (Å²) in [6.07, 6.45) is 2.28. The van der Waals surface area contributed by atoms with Crippen molar-refractivity contribution >= 4 is 29.9 Å². The molecule has 0 spiro atoms. The van der Waals surface area contributed by atoms with Gasteiger partial charge in [-0.3, -0.25) is 4.79 Å². The van der Waals surface area contributed by atoms with E-state index >= 15 is 0 Å². The van der Waals surface area contributed by atoms with Crippen molar-refractivity contribution in [2.45, 2.75) is 26.3 Å². The van der Waals surface area contributed by atoms with Gasteiger partial charge >= 0.3 is 0 Å². The Morgan fingerprint density at radius 2 is 2.14 bits per heavy atom. The van der Waals surface area contributed by atoms with Gasteiger partial charge in [0.25, 0.3) is 5.91 Å². The van der Waals surface area contributed by atoms with Crippen molar-refractivity contribution < 1.29 is 14.3 Å². The average molecular weight is 337 g/mol. The topological polar surface area (TPSA) is 73.6 Å². The summed E-state index contributed by atoms with van der Waals surface area (Å²) in [5, 5.41) is 3.72. The molecule has 7 heteroatoms. The van der Waals surface area contributed by atoms with Crippen LogP contribution in [-0.2, 0) is 11.3 Å². The molecule has 0 aliphatic rings. The highest BCUT2D eigenvalue weighted by atomic mass is 35.5. The Bertz CT molecular complexity index is 456. The lowest BCUT2D eigenvalue weighted by molar-refractivity contribution is -0.119. The predicted molar refractivity (Wildman–Crippen MR) is 86.6 cm³/mol. The smallest absolute Gasteiger partial charge is 0.255 e.